The smallest absolute Gasteiger partial charge is 0.151 e. The highest BCUT2D eigenvalue weighted by Crippen LogP contribution is 2.21. The van der Waals surface area contributed by atoms with Crippen molar-refractivity contribution in [2.24, 2.45) is 7.05 Å². The van der Waals surface area contributed by atoms with E-state index in [9.17, 15) is 0 Å². The van der Waals surface area contributed by atoms with Crippen LogP contribution < -0.4 is 10.6 Å². The molecule has 3 rings (SSSR count). The largest absolute Gasteiger partial charge is 0.396 e. The van der Waals surface area contributed by atoms with Crippen LogP contribution in [0.25, 0.3) is 0 Å². The first-order chi connectivity index (χ1) is 10.1. The molecule has 3 heterocycles. The summed E-state index contributed by atoms with van der Waals surface area (Å²) in [6.07, 6.45) is 3.91. The molecule has 6 heteroatoms. The molecule has 112 valence electrons. The van der Waals surface area contributed by atoms with Crippen molar-refractivity contribution in [3.8, 4) is 0 Å². The Bertz CT molecular complexity index is 612. The summed E-state index contributed by atoms with van der Waals surface area (Å²) in [6.45, 7) is 6.99. The Balaban J connectivity index is 1.60. The third-order valence-electron chi connectivity index (χ3n) is 4.00. The lowest BCUT2D eigenvalue weighted by Gasteiger charge is -2.35. The van der Waals surface area contributed by atoms with Crippen molar-refractivity contribution in [3.05, 3.63) is 35.8 Å². The molecule has 0 radical (unpaired) electrons. The Morgan fingerprint density at radius 2 is 2.00 bits per heavy atom. The Labute approximate surface area is 125 Å². The third-order valence-corrected chi connectivity index (χ3v) is 4.00. The summed E-state index contributed by atoms with van der Waals surface area (Å²) in [5, 5.41) is 4.40. The predicted octanol–water partition coefficient (Wildman–Crippen LogP) is 1.03. The van der Waals surface area contributed by atoms with Crippen LogP contribution in [-0.2, 0) is 13.6 Å². The minimum atomic E-state index is 0.758. The first-order valence-corrected chi connectivity index (χ1v) is 7.30. The maximum absolute atomic E-state index is 6.00. The van der Waals surface area contributed by atoms with E-state index < -0.39 is 0 Å². The second kappa shape index (κ2) is 5.73. The van der Waals surface area contributed by atoms with E-state index in [0.29, 0.717) is 0 Å². The number of aryl methyl sites for hydroxylation is 2. The monoisotopic (exact) mass is 286 g/mol. The van der Waals surface area contributed by atoms with Gasteiger partial charge >= 0.3 is 0 Å². The molecule has 21 heavy (non-hydrogen) atoms. The molecule has 1 fully saturated rings. The number of aromatic nitrogens is 3. The molecule has 0 amide bonds. The Morgan fingerprint density at radius 1 is 1.24 bits per heavy atom. The van der Waals surface area contributed by atoms with Crippen molar-refractivity contribution in [2.45, 2.75) is 13.5 Å². The second-order valence-corrected chi connectivity index (χ2v) is 5.59. The molecular weight excluding hydrogens is 264 g/mol. The average Bonchev–Trinajstić information content (AvgIpc) is 2.78. The van der Waals surface area contributed by atoms with Crippen LogP contribution in [0.3, 0.4) is 0 Å². The molecule has 6 nitrogen and oxygen atoms in total. The molecule has 0 unspecified atom stereocenters. The zero-order chi connectivity index (χ0) is 14.8. The van der Waals surface area contributed by atoms with Crippen molar-refractivity contribution >= 4 is 11.5 Å². The summed E-state index contributed by atoms with van der Waals surface area (Å²) < 4.78 is 1.88. The summed E-state index contributed by atoms with van der Waals surface area (Å²) >= 11 is 0. The van der Waals surface area contributed by atoms with E-state index in [1.54, 1.807) is 6.20 Å². The molecule has 0 aromatic carbocycles. The van der Waals surface area contributed by atoms with Crippen LogP contribution in [0.1, 0.15) is 11.3 Å². The second-order valence-electron chi connectivity index (χ2n) is 5.59. The zero-order valence-electron chi connectivity index (χ0n) is 12.7. The lowest BCUT2D eigenvalue weighted by molar-refractivity contribution is 0.249. The number of nitrogen functional groups attached to an aromatic ring is 1. The topological polar surface area (TPSA) is 63.2 Å². The van der Waals surface area contributed by atoms with Crippen molar-refractivity contribution in [2.75, 3.05) is 36.8 Å². The molecule has 1 aliphatic rings. The summed E-state index contributed by atoms with van der Waals surface area (Å²) in [5.74, 6) is 0.912. The van der Waals surface area contributed by atoms with Gasteiger partial charge in [-0.25, -0.2) is 4.98 Å². The SMILES string of the molecule is Cc1nn(C)cc1CN1CCN(c2ncccc2N)CC1. The van der Waals surface area contributed by atoms with Gasteiger partial charge < -0.3 is 10.6 Å². The maximum atomic E-state index is 6.00. The molecule has 1 saturated heterocycles. The number of hydrogen-bond acceptors (Lipinski definition) is 5. The van der Waals surface area contributed by atoms with E-state index in [2.05, 4.69) is 33.0 Å². The van der Waals surface area contributed by atoms with Gasteiger partial charge in [-0.1, -0.05) is 0 Å². The first-order valence-electron chi connectivity index (χ1n) is 7.30. The Kier molecular flexibility index (Phi) is 3.79. The van der Waals surface area contributed by atoms with Gasteiger partial charge in [0.05, 0.1) is 11.4 Å². The summed E-state index contributed by atoms with van der Waals surface area (Å²) in [6, 6.07) is 3.79. The molecular formula is C15H22N6. The lowest BCUT2D eigenvalue weighted by atomic mass is 10.2. The maximum Gasteiger partial charge on any atom is 0.151 e. The van der Waals surface area contributed by atoms with E-state index in [1.165, 1.54) is 5.56 Å². The van der Waals surface area contributed by atoms with E-state index in [1.807, 2.05) is 23.9 Å². The third kappa shape index (κ3) is 3.00. The Morgan fingerprint density at radius 3 is 2.62 bits per heavy atom. The minimum Gasteiger partial charge on any atom is -0.396 e. The van der Waals surface area contributed by atoms with Gasteiger partial charge in [-0.05, 0) is 19.1 Å². The van der Waals surface area contributed by atoms with Crippen LogP contribution in [-0.4, -0.2) is 45.8 Å². The molecule has 0 atom stereocenters. The van der Waals surface area contributed by atoms with E-state index in [4.69, 9.17) is 5.73 Å². The molecule has 2 aromatic heterocycles. The summed E-state index contributed by atoms with van der Waals surface area (Å²) in [5.41, 5.74) is 9.19. The van der Waals surface area contributed by atoms with Gasteiger partial charge in [-0.15, -0.1) is 0 Å². The van der Waals surface area contributed by atoms with Crippen molar-refractivity contribution in [1.82, 2.24) is 19.7 Å². The van der Waals surface area contributed by atoms with E-state index in [0.717, 1.165) is 49.9 Å². The van der Waals surface area contributed by atoms with Crippen molar-refractivity contribution < 1.29 is 0 Å². The molecule has 0 aliphatic carbocycles. The van der Waals surface area contributed by atoms with Gasteiger partial charge in [0.15, 0.2) is 5.82 Å². The molecule has 2 aromatic rings. The first kappa shape index (κ1) is 13.9. The molecule has 0 spiro atoms. The van der Waals surface area contributed by atoms with Crippen LogP contribution in [0.5, 0.6) is 0 Å². The number of pyridine rings is 1. The average molecular weight is 286 g/mol. The van der Waals surface area contributed by atoms with Gasteiger partial charge in [-0.2, -0.15) is 5.10 Å². The van der Waals surface area contributed by atoms with Crippen LogP contribution >= 0.6 is 0 Å². The quantitative estimate of drug-likeness (QED) is 0.913. The van der Waals surface area contributed by atoms with Crippen molar-refractivity contribution in [1.29, 1.82) is 0 Å². The van der Waals surface area contributed by atoms with Crippen LogP contribution in [0, 0.1) is 6.92 Å². The highest BCUT2D eigenvalue weighted by atomic mass is 15.3. The van der Waals surface area contributed by atoms with Gasteiger partial charge in [0.2, 0.25) is 0 Å². The van der Waals surface area contributed by atoms with Gasteiger partial charge in [0.25, 0.3) is 0 Å². The van der Waals surface area contributed by atoms with Gasteiger partial charge in [-0.3, -0.25) is 9.58 Å². The normalized spacial score (nSPS) is 16.4. The molecule has 0 saturated carbocycles. The van der Waals surface area contributed by atoms with E-state index >= 15 is 0 Å². The summed E-state index contributed by atoms with van der Waals surface area (Å²) in [4.78, 5) is 9.12. The molecule has 2 N–H and O–H groups in total. The van der Waals surface area contributed by atoms with Gasteiger partial charge in [0.1, 0.15) is 0 Å². The van der Waals surface area contributed by atoms with Gasteiger partial charge in [0, 0.05) is 57.7 Å². The number of rotatable bonds is 3. The lowest BCUT2D eigenvalue weighted by Crippen LogP contribution is -2.46. The van der Waals surface area contributed by atoms with Crippen molar-refractivity contribution in [3.63, 3.8) is 0 Å². The van der Waals surface area contributed by atoms with Crippen LogP contribution in [0.15, 0.2) is 24.5 Å². The van der Waals surface area contributed by atoms with E-state index in [-0.39, 0.29) is 0 Å². The van der Waals surface area contributed by atoms with Crippen LogP contribution in [0.4, 0.5) is 11.5 Å². The number of anilines is 2. The molecule has 0 bridgehead atoms. The number of hydrogen-bond donors (Lipinski definition) is 1. The zero-order valence-corrected chi connectivity index (χ0v) is 12.7. The fourth-order valence-electron chi connectivity index (χ4n) is 2.84. The predicted molar refractivity (Wildman–Crippen MR) is 84.1 cm³/mol. The highest BCUT2D eigenvalue weighted by molar-refractivity contribution is 5.62. The standard InChI is InChI=1S/C15H22N6/c1-12-13(10-19(2)18-12)11-20-6-8-21(9-7-20)15-14(16)4-3-5-17-15/h3-5,10H,6-9,11,16H2,1-2H3. The number of nitrogens with zero attached hydrogens (tertiary/aromatic N) is 5. The van der Waals surface area contributed by atoms with Crippen LogP contribution in [0.2, 0.25) is 0 Å². The highest BCUT2D eigenvalue weighted by Gasteiger charge is 2.20. The molecule has 1 aliphatic heterocycles. The fraction of sp³-hybridized carbons (Fsp3) is 0.467. The minimum absolute atomic E-state index is 0.758. The summed E-state index contributed by atoms with van der Waals surface area (Å²) in [7, 11) is 1.97. The number of piperazine rings is 1. The number of nitrogens with two attached hydrogens (primary N) is 1. The Hall–Kier alpha value is -2.08. The fourth-order valence-corrected chi connectivity index (χ4v) is 2.84.